The molecule has 148 valence electrons. The van der Waals surface area contributed by atoms with Gasteiger partial charge in [0.2, 0.25) is 0 Å². The number of allylic oxidation sites excluding steroid dienone is 1. The molecular weight excluding hydrogens is 347 g/mol. The molecule has 0 spiro atoms. The van der Waals surface area contributed by atoms with Crippen LogP contribution in [0.2, 0.25) is 0 Å². The molecule has 0 amide bonds. The number of halogens is 3. The van der Waals surface area contributed by atoms with Crippen molar-refractivity contribution >= 4 is 0 Å². The first kappa shape index (κ1) is 22.5. The van der Waals surface area contributed by atoms with Crippen LogP contribution in [0.4, 0.5) is 13.2 Å². The van der Waals surface area contributed by atoms with Crippen LogP contribution in [0.1, 0.15) is 43.2 Å². The molecule has 1 rings (SSSR count). The van der Waals surface area contributed by atoms with Gasteiger partial charge in [-0.05, 0) is 56.2 Å². The molecule has 1 aromatic rings. The smallest absolute Gasteiger partial charge is 0.419 e. The predicted molar refractivity (Wildman–Crippen MR) is 95.0 cm³/mol. The molecule has 0 fully saturated rings. The number of nitrogens with two attached hydrogens (primary N) is 1. The fraction of sp³-hybridized carbons (Fsp3) is 0.579. The van der Waals surface area contributed by atoms with Gasteiger partial charge in [0, 0.05) is 0 Å². The highest BCUT2D eigenvalue weighted by molar-refractivity contribution is 5.39. The maximum absolute atomic E-state index is 13.3. The average Bonchev–Trinajstić information content (AvgIpc) is 2.62. The van der Waals surface area contributed by atoms with E-state index in [1.54, 1.807) is 6.07 Å². The molecule has 0 aliphatic rings. The second kappa shape index (κ2) is 10.5. The first-order valence-corrected chi connectivity index (χ1v) is 8.70. The van der Waals surface area contributed by atoms with Crippen molar-refractivity contribution in [2.24, 2.45) is 5.73 Å². The van der Waals surface area contributed by atoms with Crippen molar-refractivity contribution in [1.82, 2.24) is 0 Å². The van der Waals surface area contributed by atoms with Crippen LogP contribution in [-0.4, -0.2) is 35.6 Å². The predicted octanol–water partition coefficient (Wildman–Crippen LogP) is 3.45. The Labute approximate surface area is 152 Å². The van der Waals surface area contributed by atoms with Crippen LogP contribution in [-0.2, 0) is 12.6 Å². The quantitative estimate of drug-likeness (QED) is 0.386. The van der Waals surface area contributed by atoms with E-state index in [1.807, 2.05) is 6.08 Å². The molecule has 0 aromatic heterocycles. The summed E-state index contributed by atoms with van der Waals surface area (Å²) in [6.45, 7) is 2.96. The van der Waals surface area contributed by atoms with Crippen molar-refractivity contribution in [2.45, 2.75) is 50.2 Å². The Balaban J connectivity index is 2.76. The van der Waals surface area contributed by atoms with Crippen LogP contribution < -0.4 is 10.5 Å². The summed E-state index contributed by atoms with van der Waals surface area (Å²) in [5, 5.41) is 18.4. The maximum Gasteiger partial charge on any atom is 0.419 e. The molecule has 0 bridgehead atoms. The lowest BCUT2D eigenvalue weighted by Gasteiger charge is -2.24. The monoisotopic (exact) mass is 375 g/mol. The second-order valence-corrected chi connectivity index (χ2v) is 6.49. The number of ether oxygens (including phenoxy) is 1. The minimum atomic E-state index is -4.53. The van der Waals surface area contributed by atoms with Gasteiger partial charge in [0.25, 0.3) is 0 Å². The van der Waals surface area contributed by atoms with Crippen LogP contribution in [0.5, 0.6) is 5.75 Å². The lowest BCUT2D eigenvalue weighted by molar-refractivity contribution is -0.139. The first-order chi connectivity index (χ1) is 12.3. The minimum Gasteiger partial charge on any atom is -0.493 e. The van der Waals surface area contributed by atoms with Gasteiger partial charge in [-0.25, -0.2) is 0 Å². The van der Waals surface area contributed by atoms with E-state index in [-0.39, 0.29) is 25.2 Å². The van der Waals surface area contributed by atoms with E-state index in [4.69, 9.17) is 10.5 Å². The number of benzene rings is 1. The van der Waals surface area contributed by atoms with Gasteiger partial charge in [0.15, 0.2) is 0 Å². The molecule has 0 saturated carbocycles. The lowest BCUT2D eigenvalue weighted by atomic mass is 9.93. The molecule has 0 saturated heterocycles. The standard InChI is InChI=1S/C19H28F3NO3/c1-2-3-4-5-6-11-26-17-8-7-15(12-16(17)19(20,21)22)9-10-18(23,13-24)14-25/h2,7-8,12,24-25H,1,3-6,9-11,13-14,23H2. The maximum atomic E-state index is 13.3. The van der Waals surface area contributed by atoms with E-state index in [1.165, 1.54) is 6.07 Å². The molecule has 0 heterocycles. The summed E-state index contributed by atoms with van der Waals surface area (Å²) in [6, 6.07) is 3.91. The van der Waals surface area contributed by atoms with Gasteiger partial charge in [-0.15, -0.1) is 6.58 Å². The lowest BCUT2D eigenvalue weighted by Crippen LogP contribution is -2.47. The number of alkyl halides is 3. The molecule has 0 aliphatic carbocycles. The first-order valence-electron chi connectivity index (χ1n) is 8.70. The summed E-state index contributed by atoms with van der Waals surface area (Å²) in [5.41, 5.74) is 4.15. The number of aliphatic hydroxyl groups excluding tert-OH is 2. The Hall–Kier alpha value is -1.57. The summed E-state index contributed by atoms with van der Waals surface area (Å²) in [5.74, 6) is -0.187. The Kier molecular flexibility index (Phi) is 9.12. The summed E-state index contributed by atoms with van der Waals surface area (Å²) < 4.78 is 45.3. The molecule has 1 aromatic carbocycles. The molecule has 0 atom stereocenters. The average molecular weight is 375 g/mol. The highest BCUT2D eigenvalue weighted by Crippen LogP contribution is 2.37. The normalized spacial score (nSPS) is 12.2. The van der Waals surface area contributed by atoms with Gasteiger partial charge in [0.1, 0.15) is 5.75 Å². The van der Waals surface area contributed by atoms with Gasteiger partial charge >= 0.3 is 6.18 Å². The highest BCUT2D eigenvalue weighted by atomic mass is 19.4. The topological polar surface area (TPSA) is 75.7 Å². The van der Waals surface area contributed by atoms with E-state index >= 15 is 0 Å². The van der Waals surface area contributed by atoms with Crippen molar-refractivity contribution < 1.29 is 28.1 Å². The number of unbranched alkanes of at least 4 members (excludes halogenated alkanes) is 3. The van der Waals surface area contributed by atoms with Crippen molar-refractivity contribution in [2.75, 3.05) is 19.8 Å². The Bertz CT molecular complexity index is 557. The third-order valence-electron chi connectivity index (χ3n) is 4.20. The third-order valence-corrected chi connectivity index (χ3v) is 4.20. The second-order valence-electron chi connectivity index (χ2n) is 6.49. The van der Waals surface area contributed by atoms with Crippen LogP contribution in [0, 0.1) is 0 Å². The van der Waals surface area contributed by atoms with E-state index < -0.39 is 30.5 Å². The number of hydrogen-bond donors (Lipinski definition) is 3. The number of rotatable bonds is 12. The third kappa shape index (κ3) is 7.35. The molecule has 0 radical (unpaired) electrons. The summed E-state index contributed by atoms with van der Waals surface area (Å²) in [7, 11) is 0. The van der Waals surface area contributed by atoms with Crippen LogP contribution in [0.25, 0.3) is 0 Å². The fourth-order valence-electron chi connectivity index (χ4n) is 2.43. The zero-order valence-corrected chi connectivity index (χ0v) is 14.9. The molecule has 4 N–H and O–H groups in total. The fourth-order valence-corrected chi connectivity index (χ4v) is 2.43. The summed E-state index contributed by atoms with van der Waals surface area (Å²) in [6.07, 6.45) is 1.03. The van der Waals surface area contributed by atoms with E-state index in [0.717, 1.165) is 25.3 Å². The van der Waals surface area contributed by atoms with Crippen LogP contribution in [0.3, 0.4) is 0 Å². The highest BCUT2D eigenvalue weighted by Gasteiger charge is 2.35. The van der Waals surface area contributed by atoms with Crippen LogP contribution in [0.15, 0.2) is 30.9 Å². The SMILES string of the molecule is C=CCCCCCOc1ccc(CCC(N)(CO)CO)cc1C(F)(F)F. The molecule has 4 nitrogen and oxygen atoms in total. The zero-order chi connectivity index (χ0) is 19.6. The van der Waals surface area contributed by atoms with Gasteiger partial charge in [0.05, 0.1) is 30.9 Å². The molecular formula is C19H28F3NO3. The molecule has 0 aliphatic heterocycles. The molecule has 7 heteroatoms. The molecule has 0 unspecified atom stereocenters. The van der Waals surface area contributed by atoms with Crippen LogP contribution >= 0.6 is 0 Å². The summed E-state index contributed by atoms with van der Waals surface area (Å²) in [4.78, 5) is 0. The van der Waals surface area contributed by atoms with Gasteiger partial charge in [-0.2, -0.15) is 13.2 Å². The Morgan fingerprint density at radius 2 is 1.81 bits per heavy atom. The van der Waals surface area contributed by atoms with Crippen molar-refractivity contribution in [3.63, 3.8) is 0 Å². The van der Waals surface area contributed by atoms with Gasteiger partial charge < -0.3 is 20.7 Å². The summed E-state index contributed by atoms with van der Waals surface area (Å²) >= 11 is 0. The zero-order valence-electron chi connectivity index (χ0n) is 14.9. The Morgan fingerprint density at radius 3 is 2.38 bits per heavy atom. The van der Waals surface area contributed by atoms with Gasteiger partial charge in [-0.1, -0.05) is 12.1 Å². The Morgan fingerprint density at radius 1 is 1.12 bits per heavy atom. The van der Waals surface area contributed by atoms with Crippen molar-refractivity contribution in [3.05, 3.63) is 42.0 Å². The van der Waals surface area contributed by atoms with Gasteiger partial charge in [-0.3, -0.25) is 0 Å². The van der Waals surface area contributed by atoms with E-state index in [0.29, 0.717) is 12.0 Å². The van der Waals surface area contributed by atoms with Crippen molar-refractivity contribution in [3.8, 4) is 5.75 Å². The number of aliphatic hydroxyl groups is 2. The van der Waals surface area contributed by atoms with E-state index in [2.05, 4.69) is 6.58 Å². The number of aryl methyl sites for hydroxylation is 1. The number of hydrogen-bond acceptors (Lipinski definition) is 4. The minimum absolute atomic E-state index is 0.167. The molecule has 26 heavy (non-hydrogen) atoms. The van der Waals surface area contributed by atoms with Crippen molar-refractivity contribution in [1.29, 1.82) is 0 Å². The largest absolute Gasteiger partial charge is 0.493 e. The van der Waals surface area contributed by atoms with E-state index in [9.17, 15) is 23.4 Å².